The van der Waals surface area contributed by atoms with E-state index in [9.17, 15) is 0 Å². The maximum absolute atomic E-state index is 2.49. The Balaban J connectivity index is -0.000000274. The van der Waals surface area contributed by atoms with Crippen LogP contribution >= 0.6 is 0 Å². The molecule has 3 aromatic carbocycles. The van der Waals surface area contributed by atoms with Gasteiger partial charge in [0.25, 0.3) is 0 Å². The zero-order chi connectivity index (χ0) is 16.6. The Morgan fingerprint density at radius 2 is 1.43 bits per heavy atom. The third-order valence-corrected chi connectivity index (χ3v) is 5.18. The number of hydrogen-bond acceptors (Lipinski definition) is 0. The molecule has 0 heterocycles. The third-order valence-electron chi connectivity index (χ3n) is 5.18. The monoisotopic (exact) mass is 573 g/mol. The van der Waals surface area contributed by atoms with E-state index in [1.165, 1.54) is 68.6 Å². The molecule has 0 saturated carbocycles. The van der Waals surface area contributed by atoms with Gasteiger partial charge in [0.2, 0.25) is 0 Å². The molecule has 4 rings (SSSR count). The Bertz CT molecular complexity index is 701. The molecule has 172 valence electrons. The van der Waals surface area contributed by atoms with Gasteiger partial charge in [-0.25, -0.2) is 12.1 Å². The summed E-state index contributed by atoms with van der Waals surface area (Å²) < 4.78 is 0. The van der Waals surface area contributed by atoms with E-state index < -0.39 is 0 Å². The van der Waals surface area contributed by atoms with Crippen molar-refractivity contribution in [3.05, 3.63) is 108 Å². The van der Waals surface area contributed by atoms with Crippen molar-refractivity contribution < 1.29 is 25.8 Å². The van der Waals surface area contributed by atoms with Gasteiger partial charge in [-0.3, -0.25) is 0 Å². The van der Waals surface area contributed by atoms with Crippen molar-refractivity contribution in [2.75, 3.05) is 0 Å². The summed E-state index contributed by atoms with van der Waals surface area (Å²) in [7, 11) is 0. The maximum Gasteiger partial charge on any atom is 0 e. The van der Waals surface area contributed by atoms with Gasteiger partial charge in [-0.2, -0.15) is 24.3 Å². The van der Waals surface area contributed by atoms with Crippen LogP contribution in [0.3, 0.4) is 0 Å². The summed E-state index contributed by atoms with van der Waals surface area (Å²) in [4.78, 5) is 0. The molecule has 1 aliphatic rings. The fourth-order valence-corrected chi connectivity index (χ4v) is 3.80. The summed E-state index contributed by atoms with van der Waals surface area (Å²) in [5.74, 6) is 0. The van der Waals surface area contributed by atoms with Crippen LogP contribution in [0.25, 0.3) is 10.8 Å². The van der Waals surface area contributed by atoms with Crippen LogP contribution < -0.4 is 0 Å². The molecule has 0 aromatic heterocycles. The van der Waals surface area contributed by atoms with E-state index >= 15 is 0 Å². The molecule has 0 fully saturated rings. The molecule has 3 aromatic rings. The average Bonchev–Trinajstić information content (AvgIpc) is 3.35. The number of aryl methyl sites for hydroxylation is 3. The molecule has 1 heteroatoms. The minimum absolute atomic E-state index is 0. The summed E-state index contributed by atoms with van der Waals surface area (Å²) in [6, 6.07) is 19.6. The predicted molar refractivity (Wildman–Crippen MR) is 138 cm³/mol. The second kappa shape index (κ2) is 20.0. The predicted octanol–water partition coefficient (Wildman–Crippen LogP) is 9.21. The maximum atomic E-state index is 2.49. The minimum atomic E-state index is 0. The van der Waals surface area contributed by atoms with Crippen LogP contribution in [0.5, 0.6) is 0 Å². The first-order valence-corrected chi connectivity index (χ1v) is 9.75. The van der Waals surface area contributed by atoms with Crippen molar-refractivity contribution in [2.24, 2.45) is 0 Å². The Morgan fingerprint density at radius 1 is 0.833 bits per heavy atom. The zero-order valence-electron chi connectivity index (χ0n) is 20.6. The molecule has 0 spiro atoms. The van der Waals surface area contributed by atoms with E-state index in [1.54, 1.807) is 16.7 Å². The van der Waals surface area contributed by atoms with E-state index in [1.807, 2.05) is 30.3 Å². The normalized spacial score (nSPS) is 10.3. The molecular weight excluding hydrogens is 527 g/mol. The van der Waals surface area contributed by atoms with Gasteiger partial charge >= 0.3 is 0 Å². The van der Waals surface area contributed by atoms with Crippen LogP contribution in [-0.2, 0) is 45.1 Å². The second-order valence-electron chi connectivity index (χ2n) is 7.05. The van der Waals surface area contributed by atoms with E-state index in [0.29, 0.717) is 0 Å². The molecule has 0 unspecified atom stereocenters. The quantitative estimate of drug-likeness (QED) is 0.157. The summed E-state index contributed by atoms with van der Waals surface area (Å²) in [5.41, 5.74) is 4.81. The van der Waals surface area contributed by atoms with Gasteiger partial charge in [0.1, 0.15) is 0 Å². The van der Waals surface area contributed by atoms with Gasteiger partial charge in [0.05, 0.1) is 0 Å². The molecule has 30 heavy (non-hydrogen) atoms. The number of fused-ring (bicyclic) bond motifs is 2. The van der Waals surface area contributed by atoms with Crippen molar-refractivity contribution in [1.29, 1.82) is 0 Å². The van der Waals surface area contributed by atoms with Crippen LogP contribution in [0, 0.1) is 37.1 Å². The molecule has 0 atom stereocenters. The molecule has 0 N–H and O–H groups in total. The molecule has 0 aliphatic heterocycles. The van der Waals surface area contributed by atoms with Gasteiger partial charge in [-0.1, -0.05) is 56.6 Å². The fourth-order valence-electron chi connectivity index (χ4n) is 3.80. The van der Waals surface area contributed by atoms with Crippen LogP contribution in [0.4, 0.5) is 0 Å². The largest absolute Gasteiger partial charge is 0.358 e. The van der Waals surface area contributed by atoms with Crippen LogP contribution in [0.1, 0.15) is 62.1 Å². The van der Waals surface area contributed by atoms with Crippen LogP contribution in [-0.4, -0.2) is 0 Å². The summed E-state index contributed by atoms with van der Waals surface area (Å²) in [5, 5.41) is 3.01. The first kappa shape index (κ1) is 36.4. The molecular formula is C29H45Hf-7. The van der Waals surface area contributed by atoms with Gasteiger partial charge in [-0.15, -0.1) is 34.5 Å². The molecule has 0 amide bonds. The molecule has 0 radical (unpaired) electrons. The first-order chi connectivity index (χ1) is 11.9. The minimum Gasteiger partial charge on any atom is -0.358 e. The standard InChI is InChI=1S/C19H25.C5H5.5CH3.Hf/c1-2-3-4-5-6-8-15-11-12-18-13-16-9-7-10-17(16)14-19(15)18;1-2-4-5-3-1;;;;;;/h11-14H,2-10H2,1H3;1-5H;5*1H3;/q7*-1;. The SMILES string of the molecule is CCCCCCC[c-]1ccc2cc3c(cc21)CCC3.[CH3-].[CH3-].[CH3-].[CH3-].[CH3-].[Hf].c1cc[cH-]c1. The van der Waals surface area contributed by atoms with Gasteiger partial charge in [0, 0.05) is 25.8 Å². The number of unbranched alkanes of at least 4 members (excludes halogenated alkanes) is 4. The van der Waals surface area contributed by atoms with Gasteiger partial charge in [0.15, 0.2) is 0 Å². The van der Waals surface area contributed by atoms with Gasteiger partial charge in [-0.05, 0) is 19.3 Å². The summed E-state index contributed by atoms with van der Waals surface area (Å²) in [6.45, 7) is 2.28. The Hall–Kier alpha value is -0.950. The third kappa shape index (κ3) is 10.4. The van der Waals surface area contributed by atoms with E-state index in [-0.39, 0.29) is 63.0 Å². The Labute approximate surface area is 209 Å². The first-order valence-electron chi connectivity index (χ1n) is 9.75. The number of hydrogen-bond donors (Lipinski definition) is 0. The van der Waals surface area contributed by atoms with E-state index in [0.717, 1.165) is 0 Å². The Morgan fingerprint density at radius 3 is 2.00 bits per heavy atom. The smallest absolute Gasteiger partial charge is 0 e. The van der Waals surface area contributed by atoms with Crippen molar-refractivity contribution in [1.82, 2.24) is 0 Å². The molecule has 0 saturated heterocycles. The summed E-state index contributed by atoms with van der Waals surface area (Å²) >= 11 is 0. The Kier molecular flexibility index (Phi) is 24.3. The van der Waals surface area contributed by atoms with Crippen molar-refractivity contribution in [3.63, 3.8) is 0 Å². The van der Waals surface area contributed by atoms with Crippen molar-refractivity contribution >= 4 is 10.8 Å². The topological polar surface area (TPSA) is 0 Å². The second-order valence-corrected chi connectivity index (χ2v) is 7.05. The number of benzene rings is 1. The molecule has 1 aliphatic carbocycles. The number of rotatable bonds is 6. The van der Waals surface area contributed by atoms with Crippen molar-refractivity contribution in [3.8, 4) is 0 Å². The van der Waals surface area contributed by atoms with Gasteiger partial charge < -0.3 is 37.1 Å². The average molecular weight is 572 g/mol. The van der Waals surface area contributed by atoms with E-state index in [2.05, 4.69) is 31.2 Å². The fraction of sp³-hybridized carbons (Fsp3) is 0.345. The molecule has 0 bridgehead atoms. The van der Waals surface area contributed by atoms with Crippen LogP contribution in [0.2, 0.25) is 0 Å². The molecule has 0 nitrogen and oxygen atoms in total. The van der Waals surface area contributed by atoms with Crippen molar-refractivity contribution in [2.45, 2.75) is 64.7 Å². The zero-order valence-corrected chi connectivity index (χ0v) is 24.2. The van der Waals surface area contributed by atoms with Crippen LogP contribution in [0.15, 0.2) is 54.6 Å². The summed E-state index contributed by atoms with van der Waals surface area (Å²) in [6.07, 6.45) is 12.1. The van der Waals surface area contributed by atoms with E-state index in [4.69, 9.17) is 0 Å².